The molecule has 0 radical (unpaired) electrons. The van der Waals surface area contributed by atoms with Gasteiger partial charge in [-0.25, -0.2) is 10.8 Å². The first-order valence-corrected chi connectivity index (χ1v) is 6.69. The lowest BCUT2D eigenvalue weighted by Crippen LogP contribution is -2.44. The molecule has 19 heavy (non-hydrogen) atoms. The highest BCUT2D eigenvalue weighted by atomic mass is 15.4. The summed E-state index contributed by atoms with van der Waals surface area (Å²) in [6, 6.07) is 9.85. The first kappa shape index (κ1) is 13.8. The Bertz CT molecular complexity index is 417. The molecule has 0 saturated carbocycles. The number of rotatable bonds is 3. The van der Waals surface area contributed by atoms with Crippen LogP contribution < -0.4 is 11.3 Å². The van der Waals surface area contributed by atoms with Gasteiger partial charge in [0.15, 0.2) is 0 Å². The number of hydrogen-bond donors (Lipinski definition) is 2. The van der Waals surface area contributed by atoms with Crippen LogP contribution in [0.1, 0.15) is 6.42 Å². The molecule has 1 fully saturated rings. The molecule has 1 atom stereocenters. The van der Waals surface area contributed by atoms with Gasteiger partial charge in [-0.05, 0) is 38.1 Å². The molecule has 1 heterocycles. The minimum Gasteiger partial charge on any atom is -0.344 e. The van der Waals surface area contributed by atoms with Gasteiger partial charge in [0.25, 0.3) is 0 Å². The lowest BCUT2D eigenvalue weighted by Gasteiger charge is -2.23. The third-order valence-corrected chi connectivity index (χ3v) is 3.50. The SMILES string of the molecule is CN1CCC(CN(C)C(=Nc2ccccc2)NN)C1. The lowest BCUT2D eigenvalue weighted by atomic mass is 10.1. The van der Waals surface area contributed by atoms with Crippen molar-refractivity contribution in [2.24, 2.45) is 16.8 Å². The van der Waals surface area contributed by atoms with E-state index in [-0.39, 0.29) is 0 Å². The van der Waals surface area contributed by atoms with E-state index in [1.807, 2.05) is 37.4 Å². The molecule has 5 heteroatoms. The monoisotopic (exact) mass is 261 g/mol. The average molecular weight is 261 g/mol. The molecule has 0 spiro atoms. The van der Waals surface area contributed by atoms with Crippen molar-refractivity contribution in [3.8, 4) is 0 Å². The Kier molecular flexibility index (Phi) is 4.76. The van der Waals surface area contributed by atoms with Gasteiger partial charge in [-0.2, -0.15) is 0 Å². The molecule has 5 nitrogen and oxygen atoms in total. The van der Waals surface area contributed by atoms with E-state index < -0.39 is 0 Å². The largest absolute Gasteiger partial charge is 0.344 e. The van der Waals surface area contributed by atoms with E-state index in [9.17, 15) is 0 Å². The minimum absolute atomic E-state index is 0.685. The molecule has 1 aliphatic rings. The van der Waals surface area contributed by atoms with E-state index in [4.69, 9.17) is 5.84 Å². The maximum atomic E-state index is 5.59. The van der Waals surface area contributed by atoms with E-state index in [1.165, 1.54) is 13.0 Å². The highest BCUT2D eigenvalue weighted by Gasteiger charge is 2.21. The number of nitrogens with one attached hydrogen (secondary N) is 1. The Morgan fingerprint density at radius 3 is 2.79 bits per heavy atom. The van der Waals surface area contributed by atoms with Crippen molar-refractivity contribution in [2.45, 2.75) is 6.42 Å². The summed E-state index contributed by atoms with van der Waals surface area (Å²) in [7, 11) is 4.19. The smallest absolute Gasteiger partial charge is 0.213 e. The van der Waals surface area contributed by atoms with E-state index >= 15 is 0 Å². The van der Waals surface area contributed by atoms with E-state index in [0.717, 1.165) is 18.8 Å². The maximum Gasteiger partial charge on any atom is 0.213 e. The quantitative estimate of drug-likeness (QED) is 0.369. The van der Waals surface area contributed by atoms with Crippen LogP contribution in [0.15, 0.2) is 35.3 Å². The number of aliphatic imine (C=N–C) groups is 1. The lowest BCUT2D eigenvalue weighted by molar-refractivity contribution is 0.351. The van der Waals surface area contributed by atoms with Crippen LogP contribution in [-0.4, -0.2) is 49.5 Å². The first-order chi connectivity index (χ1) is 9.19. The third kappa shape index (κ3) is 3.94. The van der Waals surface area contributed by atoms with Gasteiger partial charge in [0, 0.05) is 20.1 Å². The van der Waals surface area contributed by atoms with Gasteiger partial charge in [0.2, 0.25) is 5.96 Å². The van der Waals surface area contributed by atoms with Crippen molar-refractivity contribution in [3.05, 3.63) is 30.3 Å². The Morgan fingerprint density at radius 1 is 1.47 bits per heavy atom. The second kappa shape index (κ2) is 6.54. The molecule has 0 amide bonds. The van der Waals surface area contributed by atoms with Gasteiger partial charge in [-0.3, -0.25) is 5.43 Å². The third-order valence-electron chi connectivity index (χ3n) is 3.50. The number of guanidine groups is 1. The Morgan fingerprint density at radius 2 is 2.21 bits per heavy atom. The number of hydrogen-bond acceptors (Lipinski definition) is 3. The summed E-state index contributed by atoms with van der Waals surface area (Å²) in [6.45, 7) is 3.30. The minimum atomic E-state index is 0.685. The second-order valence-corrected chi connectivity index (χ2v) is 5.21. The molecular formula is C14H23N5. The van der Waals surface area contributed by atoms with Crippen molar-refractivity contribution >= 4 is 11.6 Å². The molecule has 1 aromatic carbocycles. The normalized spacial score (nSPS) is 20.6. The van der Waals surface area contributed by atoms with E-state index in [1.54, 1.807) is 0 Å². The fraction of sp³-hybridized carbons (Fsp3) is 0.500. The van der Waals surface area contributed by atoms with Crippen LogP contribution in [0.2, 0.25) is 0 Å². The molecule has 0 bridgehead atoms. The standard InChI is InChI=1S/C14H23N5/c1-18-9-8-12(10-18)11-19(2)14(17-15)16-13-6-4-3-5-7-13/h3-7,12H,8-11,15H2,1-2H3,(H,16,17). The number of nitrogens with two attached hydrogens (primary N) is 1. The molecule has 1 saturated heterocycles. The Labute approximate surface area is 115 Å². The van der Waals surface area contributed by atoms with E-state index in [0.29, 0.717) is 11.9 Å². The van der Waals surface area contributed by atoms with Crippen molar-refractivity contribution < 1.29 is 0 Å². The van der Waals surface area contributed by atoms with Gasteiger partial charge in [0.1, 0.15) is 0 Å². The summed E-state index contributed by atoms with van der Waals surface area (Å²) in [5.41, 5.74) is 3.61. The summed E-state index contributed by atoms with van der Waals surface area (Å²) in [6.07, 6.45) is 1.24. The molecule has 0 aromatic heterocycles. The Balaban J connectivity index is 1.99. The second-order valence-electron chi connectivity index (χ2n) is 5.21. The number of para-hydroxylation sites is 1. The van der Waals surface area contributed by atoms with Gasteiger partial charge < -0.3 is 9.80 Å². The Hall–Kier alpha value is -1.59. The van der Waals surface area contributed by atoms with Crippen LogP contribution in [0, 0.1) is 5.92 Å². The topological polar surface area (TPSA) is 56.9 Å². The molecule has 104 valence electrons. The molecule has 1 unspecified atom stereocenters. The van der Waals surface area contributed by atoms with Crippen LogP contribution in [0.3, 0.4) is 0 Å². The van der Waals surface area contributed by atoms with Crippen LogP contribution >= 0.6 is 0 Å². The highest BCUT2D eigenvalue weighted by Crippen LogP contribution is 2.16. The van der Waals surface area contributed by atoms with Crippen molar-refractivity contribution in [2.75, 3.05) is 33.7 Å². The molecular weight excluding hydrogens is 238 g/mol. The summed E-state index contributed by atoms with van der Waals surface area (Å²) < 4.78 is 0. The zero-order valence-electron chi connectivity index (χ0n) is 11.7. The first-order valence-electron chi connectivity index (χ1n) is 6.69. The van der Waals surface area contributed by atoms with Crippen LogP contribution in [0.25, 0.3) is 0 Å². The summed E-state index contributed by atoms with van der Waals surface area (Å²) in [5, 5.41) is 0. The summed E-state index contributed by atoms with van der Waals surface area (Å²) in [4.78, 5) is 8.99. The zero-order valence-corrected chi connectivity index (χ0v) is 11.7. The van der Waals surface area contributed by atoms with Crippen LogP contribution in [0.5, 0.6) is 0 Å². The molecule has 1 aliphatic heterocycles. The number of benzene rings is 1. The summed E-state index contributed by atoms with van der Waals surface area (Å²) >= 11 is 0. The molecule has 2 rings (SSSR count). The van der Waals surface area contributed by atoms with Gasteiger partial charge in [0.05, 0.1) is 5.69 Å². The fourth-order valence-electron chi connectivity index (χ4n) is 2.50. The molecule has 1 aromatic rings. The highest BCUT2D eigenvalue weighted by molar-refractivity contribution is 5.81. The van der Waals surface area contributed by atoms with Crippen molar-refractivity contribution in [3.63, 3.8) is 0 Å². The average Bonchev–Trinajstić information content (AvgIpc) is 2.82. The number of nitrogens with zero attached hydrogens (tertiary/aromatic N) is 3. The van der Waals surface area contributed by atoms with Gasteiger partial charge >= 0.3 is 0 Å². The maximum absolute atomic E-state index is 5.59. The molecule has 0 aliphatic carbocycles. The van der Waals surface area contributed by atoms with Gasteiger partial charge in [-0.15, -0.1) is 0 Å². The van der Waals surface area contributed by atoms with Crippen LogP contribution in [0.4, 0.5) is 5.69 Å². The fourth-order valence-corrected chi connectivity index (χ4v) is 2.50. The van der Waals surface area contributed by atoms with Crippen molar-refractivity contribution in [1.82, 2.24) is 15.2 Å². The van der Waals surface area contributed by atoms with Gasteiger partial charge in [-0.1, -0.05) is 18.2 Å². The zero-order chi connectivity index (χ0) is 13.7. The van der Waals surface area contributed by atoms with Crippen LogP contribution in [-0.2, 0) is 0 Å². The van der Waals surface area contributed by atoms with E-state index in [2.05, 4.69) is 27.3 Å². The summed E-state index contributed by atoms with van der Waals surface area (Å²) in [5.74, 6) is 6.98. The predicted molar refractivity (Wildman–Crippen MR) is 79.1 cm³/mol. The predicted octanol–water partition coefficient (Wildman–Crippen LogP) is 1.02. The molecule has 3 N–H and O–H groups in total. The number of hydrazine groups is 1. The number of likely N-dealkylation sites (tertiary alicyclic amines) is 1. The van der Waals surface area contributed by atoms with Crippen molar-refractivity contribution in [1.29, 1.82) is 0 Å².